The Morgan fingerprint density at radius 2 is 2.36 bits per heavy atom. The third-order valence-electron chi connectivity index (χ3n) is 1.30. The number of hydrogen-bond acceptors (Lipinski definition) is 3. The molecule has 1 amide bonds. The van der Waals surface area contributed by atoms with Crippen LogP contribution in [0.4, 0.5) is 0 Å². The minimum Gasteiger partial charge on any atom is -0.394 e. The summed E-state index contributed by atoms with van der Waals surface area (Å²) in [5, 5.41) is 11.4. The molecule has 0 fully saturated rings. The highest BCUT2D eigenvalue weighted by atomic mass is 32.2. The Labute approximate surface area is 71.6 Å². The fourth-order valence-corrected chi connectivity index (χ4v) is 1.28. The topological polar surface area (TPSA) is 49.3 Å². The van der Waals surface area contributed by atoms with Gasteiger partial charge in [-0.15, -0.1) is 0 Å². The Hall–Kier alpha value is -0.220. The van der Waals surface area contributed by atoms with E-state index in [-0.39, 0.29) is 18.6 Å². The second-order valence-electron chi connectivity index (χ2n) is 2.36. The van der Waals surface area contributed by atoms with Gasteiger partial charge in [-0.1, -0.05) is 0 Å². The first kappa shape index (κ1) is 10.8. The molecule has 0 aliphatic carbocycles. The number of aliphatic hydroxyl groups is 1. The zero-order valence-corrected chi connectivity index (χ0v) is 7.78. The molecule has 2 N–H and O–H groups in total. The largest absolute Gasteiger partial charge is 0.394 e. The van der Waals surface area contributed by atoms with E-state index in [1.807, 2.05) is 6.26 Å². The molecule has 0 saturated heterocycles. The van der Waals surface area contributed by atoms with Crippen molar-refractivity contribution in [2.24, 2.45) is 0 Å². The maximum Gasteiger partial charge on any atom is 0.217 e. The lowest BCUT2D eigenvalue weighted by Crippen LogP contribution is -2.36. The zero-order valence-electron chi connectivity index (χ0n) is 6.96. The summed E-state index contributed by atoms with van der Waals surface area (Å²) in [5.74, 6) is 0.885. The molecule has 0 aromatic heterocycles. The van der Waals surface area contributed by atoms with Crippen molar-refractivity contribution in [1.82, 2.24) is 5.32 Å². The molecule has 66 valence electrons. The van der Waals surface area contributed by atoms with E-state index in [1.165, 1.54) is 6.92 Å². The Morgan fingerprint density at radius 1 is 1.73 bits per heavy atom. The van der Waals surface area contributed by atoms with Crippen LogP contribution in [0.3, 0.4) is 0 Å². The van der Waals surface area contributed by atoms with Crippen molar-refractivity contribution in [2.75, 3.05) is 18.6 Å². The molecule has 11 heavy (non-hydrogen) atoms. The fraction of sp³-hybridized carbons (Fsp3) is 0.857. The van der Waals surface area contributed by atoms with Gasteiger partial charge in [-0.05, 0) is 18.4 Å². The third kappa shape index (κ3) is 6.19. The normalized spacial score (nSPS) is 12.6. The Morgan fingerprint density at radius 3 is 2.73 bits per heavy atom. The molecule has 0 heterocycles. The first-order valence-corrected chi connectivity index (χ1v) is 4.97. The van der Waals surface area contributed by atoms with Gasteiger partial charge in [0.15, 0.2) is 0 Å². The lowest BCUT2D eigenvalue weighted by molar-refractivity contribution is -0.119. The number of nitrogens with one attached hydrogen (secondary N) is 1. The highest BCUT2D eigenvalue weighted by Gasteiger charge is 2.06. The van der Waals surface area contributed by atoms with E-state index in [0.29, 0.717) is 0 Å². The molecule has 0 aromatic carbocycles. The van der Waals surface area contributed by atoms with E-state index < -0.39 is 0 Å². The average molecular weight is 177 g/mol. The molecule has 0 unspecified atom stereocenters. The van der Waals surface area contributed by atoms with Crippen LogP contribution in [0.25, 0.3) is 0 Å². The molecular weight excluding hydrogens is 162 g/mol. The number of aliphatic hydroxyl groups excluding tert-OH is 1. The van der Waals surface area contributed by atoms with Crippen molar-refractivity contribution < 1.29 is 9.90 Å². The lowest BCUT2D eigenvalue weighted by Gasteiger charge is -2.13. The molecule has 0 radical (unpaired) electrons. The Kier molecular flexibility index (Phi) is 6.36. The van der Waals surface area contributed by atoms with Crippen LogP contribution < -0.4 is 5.32 Å². The van der Waals surface area contributed by atoms with Gasteiger partial charge in [-0.25, -0.2) is 0 Å². The number of carbonyl (C=O) groups is 1. The molecule has 1 atom stereocenters. The minimum absolute atomic E-state index is 0.0279. The molecule has 0 rings (SSSR count). The second-order valence-corrected chi connectivity index (χ2v) is 3.35. The van der Waals surface area contributed by atoms with Gasteiger partial charge in [0.05, 0.1) is 12.6 Å². The third-order valence-corrected chi connectivity index (χ3v) is 1.94. The molecule has 0 spiro atoms. The quantitative estimate of drug-likeness (QED) is 0.632. The molecule has 4 heteroatoms. The molecule has 3 nitrogen and oxygen atoms in total. The van der Waals surface area contributed by atoms with Gasteiger partial charge in [0, 0.05) is 6.92 Å². The van der Waals surface area contributed by atoms with Crippen LogP contribution in [0.1, 0.15) is 13.3 Å². The summed E-state index contributed by atoms with van der Waals surface area (Å²) in [6.07, 6.45) is 2.83. The maximum atomic E-state index is 10.5. The smallest absolute Gasteiger partial charge is 0.217 e. The fourth-order valence-electron chi connectivity index (χ4n) is 0.757. The molecule has 0 aromatic rings. The molecule has 0 aliphatic heterocycles. The summed E-state index contributed by atoms with van der Waals surface area (Å²) >= 11 is 1.71. The summed E-state index contributed by atoms with van der Waals surface area (Å²) < 4.78 is 0. The first-order chi connectivity index (χ1) is 5.20. The van der Waals surface area contributed by atoms with Crippen molar-refractivity contribution >= 4 is 17.7 Å². The summed E-state index contributed by atoms with van der Waals surface area (Å²) in [5.41, 5.74) is 0. The van der Waals surface area contributed by atoms with Crippen molar-refractivity contribution in [3.8, 4) is 0 Å². The SMILES string of the molecule is CSCC[C@H](CO)NC(C)=O. The highest BCUT2D eigenvalue weighted by molar-refractivity contribution is 7.98. The van der Waals surface area contributed by atoms with Gasteiger partial charge in [0.25, 0.3) is 0 Å². The predicted molar refractivity (Wildman–Crippen MR) is 47.7 cm³/mol. The maximum absolute atomic E-state index is 10.5. The van der Waals surface area contributed by atoms with E-state index >= 15 is 0 Å². The van der Waals surface area contributed by atoms with Gasteiger partial charge in [-0.2, -0.15) is 11.8 Å². The Balaban J connectivity index is 3.49. The second kappa shape index (κ2) is 6.49. The molecular formula is C7H15NO2S. The van der Waals surface area contributed by atoms with Crippen LogP contribution in [0.5, 0.6) is 0 Å². The first-order valence-electron chi connectivity index (χ1n) is 3.57. The van der Waals surface area contributed by atoms with E-state index in [1.54, 1.807) is 11.8 Å². The van der Waals surface area contributed by atoms with Crippen LogP contribution in [0.2, 0.25) is 0 Å². The minimum atomic E-state index is -0.0786. The van der Waals surface area contributed by atoms with E-state index in [4.69, 9.17) is 5.11 Å². The van der Waals surface area contributed by atoms with Crippen LogP contribution in [-0.2, 0) is 4.79 Å². The van der Waals surface area contributed by atoms with E-state index in [9.17, 15) is 4.79 Å². The summed E-state index contributed by atoms with van der Waals surface area (Å²) in [6.45, 7) is 1.49. The monoisotopic (exact) mass is 177 g/mol. The van der Waals surface area contributed by atoms with Gasteiger partial charge in [0.1, 0.15) is 0 Å². The molecule has 0 bridgehead atoms. The van der Waals surface area contributed by atoms with E-state index in [0.717, 1.165) is 12.2 Å². The van der Waals surface area contributed by atoms with Crippen molar-refractivity contribution in [3.05, 3.63) is 0 Å². The van der Waals surface area contributed by atoms with Gasteiger partial charge in [0.2, 0.25) is 5.91 Å². The van der Waals surface area contributed by atoms with E-state index in [2.05, 4.69) is 5.32 Å². The van der Waals surface area contributed by atoms with Gasteiger partial charge < -0.3 is 10.4 Å². The van der Waals surface area contributed by atoms with Crippen molar-refractivity contribution in [3.63, 3.8) is 0 Å². The highest BCUT2D eigenvalue weighted by Crippen LogP contribution is 1.99. The van der Waals surface area contributed by atoms with Crippen molar-refractivity contribution in [2.45, 2.75) is 19.4 Å². The van der Waals surface area contributed by atoms with Crippen LogP contribution >= 0.6 is 11.8 Å². The standard InChI is InChI=1S/C7H15NO2S/c1-6(10)8-7(5-9)3-4-11-2/h7,9H,3-5H2,1-2H3,(H,8,10)/t7-/m1/s1. The van der Waals surface area contributed by atoms with Gasteiger partial charge in [-0.3, -0.25) is 4.79 Å². The summed E-state index contributed by atoms with van der Waals surface area (Å²) in [4.78, 5) is 10.5. The average Bonchev–Trinajstić information content (AvgIpc) is 1.97. The van der Waals surface area contributed by atoms with Crippen molar-refractivity contribution in [1.29, 1.82) is 0 Å². The number of hydrogen-bond donors (Lipinski definition) is 2. The molecule has 0 saturated carbocycles. The number of thioether (sulfide) groups is 1. The van der Waals surface area contributed by atoms with Crippen LogP contribution in [0.15, 0.2) is 0 Å². The summed E-state index contributed by atoms with van der Waals surface area (Å²) in [7, 11) is 0. The summed E-state index contributed by atoms with van der Waals surface area (Å²) in [6, 6.07) is -0.0695. The number of carbonyl (C=O) groups excluding carboxylic acids is 1. The molecule has 0 aliphatic rings. The number of rotatable bonds is 5. The lowest BCUT2D eigenvalue weighted by atomic mass is 10.2. The zero-order chi connectivity index (χ0) is 8.69. The van der Waals surface area contributed by atoms with Gasteiger partial charge >= 0.3 is 0 Å². The predicted octanol–water partition coefficient (Wildman–Crippen LogP) is 0.236. The number of amides is 1. The Bertz CT molecular complexity index is 119. The van der Waals surface area contributed by atoms with Crippen LogP contribution in [0, 0.1) is 0 Å². The van der Waals surface area contributed by atoms with Crippen LogP contribution in [-0.4, -0.2) is 35.7 Å².